The molecule has 0 aliphatic heterocycles. The van der Waals surface area contributed by atoms with Crippen molar-refractivity contribution in [3.8, 4) is 11.5 Å². The summed E-state index contributed by atoms with van der Waals surface area (Å²) in [6, 6.07) is 6.57. The Kier molecular flexibility index (Phi) is 4.48. The van der Waals surface area contributed by atoms with Gasteiger partial charge in [0.05, 0.1) is 14.2 Å². The average molecular weight is 249 g/mol. The Morgan fingerprint density at radius 3 is 2.61 bits per heavy atom. The molecule has 3 nitrogen and oxygen atoms in total. The first kappa shape index (κ1) is 13.2. The second-order valence-electron chi connectivity index (χ2n) is 5.04. The van der Waals surface area contributed by atoms with Gasteiger partial charge in [0, 0.05) is 24.2 Å². The van der Waals surface area contributed by atoms with Crippen LogP contribution in [0.3, 0.4) is 0 Å². The number of nitrogens with one attached hydrogen (secondary N) is 1. The highest BCUT2D eigenvalue weighted by Crippen LogP contribution is 2.30. The molecule has 1 atom stereocenters. The predicted molar refractivity (Wildman–Crippen MR) is 73.2 cm³/mol. The van der Waals surface area contributed by atoms with Crippen LogP contribution in [-0.2, 0) is 6.54 Å². The van der Waals surface area contributed by atoms with Crippen molar-refractivity contribution >= 4 is 0 Å². The van der Waals surface area contributed by atoms with E-state index in [0.717, 1.165) is 24.0 Å². The molecule has 0 aromatic heterocycles. The maximum Gasteiger partial charge on any atom is 0.127 e. The second-order valence-corrected chi connectivity index (χ2v) is 5.04. The van der Waals surface area contributed by atoms with Crippen LogP contribution in [0.2, 0.25) is 0 Å². The van der Waals surface area contributed by atoms with Gasteiger partial charge < -0.3 is 14.8 Å². The van der Waals surface area contributed by atoms with Gasteiger partial charge in [-0.3, -0.25) is 0 Å². The molecule has 0 spiro atoms. The molecule has 1 aromatic carbocycles. The summed E-state index contributed by atoms with van der Waals surface area (Å²) in [5, 5.41) is 3.59. The molecule has 1 aliphatic carbocycles. The smallest absolute Gasteiger partial charge is 0.127 e. The maximum absolute atomic E-state index is 5.40. The lowest BCUT2D eigenvalue weighted by Crippen LogP contribution is -2.36. The lowest BCUT2D eigenvalue weighted by Gasteiger charge is -2.32. The largest absolute Gasteiger partial charge is 0.497 e. The Balaban J connectivity index is 1.95. The van der Waals surface area contributed by atoms with Crippen LogP contribution in [0.4, 0.5) is 0 Å². The summed E-state index contributed by atoms with van der Waals surface area (Å²) in [4.78, 5) is 0. The average Bonchev–Trinajstić information content (AvgIpc) is 2.34. The van der Waals surface area contributed by atoms with E-state index in [1.807, 2.05) is 12.1 Å². The molecule has 3 heteroatoms. The molecule has 1 N–H and O–H groups in total. The number of hydrogen-bond acceptors (Lipinski definition) is 3. The van der Waals surface area contributed by atoms with E-state index in [4.69, 9.17) is 9.47 Å². The highest BCUT2D eigenvalue weighted by Gasteiger charge is 2.23. The van der Waals surface area contributed by atoms with Gasteiger partial charge in [-0.1, -0.05) is 12.5 Å². The Bertz CT molecular complexity index is 388. The predicted octanol–water partition coefficient (Wildman–Crippen LogP) is 2.98. The molecular weight excluding hydrogens is 226 g/mol. The summed E-state index contributed by atoms with van der Waals surface area (Å²) in [5.41, 5.74) is 1.18. The summed E-state index contributed by atoms with van der Waals surface area (Å²) >= 11 is 0. The van der Waals surface area contributed by atoms with E-state index in [0.29, 0.717) is 6.04 Å². The lowest BCUT2D eigenvalue weighted by molar-refractivity contribution is 0.239. The number of methoxy groups -OCH3 is 2. The van der Waals surface area contributed by atoms with Gasteiger partial charge >= 0.3 is 0 Å². The van der Waals surface area contributed by atoms with Crippen LogP contribution in [0.1, 0.15) is 31.7 Å². The van der Waals surface area contributed by atoms with Crippen molar-refractivity contribution in [2.24, 2.45) is 5.92 Å². The van der Waals surface area contributed by atoms with Gasteiger partial charge in [-0.05, 0) is 31.7 Å². The number of benzene rings is 1. The van der Waals surface area contributed by atoms with Crippen LogP contribution in [0.25, 0.3) is 0 Å². The normalized spacial score (nSPS) is 17.1. The zero-order valence-electron chi connectivity index (χ0n) is 11.5. The van der Waals surface area contributed by atoms with E-state index < -0.39 is 0 Å². The minimum Gasteiger partial charge on any atom is -0.497 e. The molecule has 2 rings (SSSR count). The van der Waals surface area contributed by atoms with E-state index in [2.05, 4.69) is 18.3 Å². The summed E-state index contributed by atoms with van der Waals surface area (Å²) < 4.78 is 10.6. The molecule has 1 aromatic rings. The highest BCUT2D eigenvalue weighted by molar-refractivity contribution is 5.40. The topological polar surface area (TPSA) is 30.5 Å². The van der Waals surface area contributed by atoms with E-state index in [9.17, 15) is 0 Å². The third-order valence-electron chi connectivity index (χ3n) is 3.97. The molecule has 1 aliphatic rings. The molecule has 0 bridgehead atoms. The first-order valence-electron chi connectivity index (χ1n) is 6.69. The summed E-state index contributed by atoms with van der Waals surface area (Å²) in [5.74, 6) is 2.58. The Hall–Kier alpha value is -1.22. The molecule has 0 unspecified atom stereocenters. The molecule has 1 saturated carbocycles. The van der Waals surface area contributed by atoms with Gasteiger partial charge in [0.25, 0.3) is 0 Å². The van der Waals surface area contributed by atoms with Crippen LogP contribution in [-0.4, -0.2) is 20.3 Å². The fraction of sp³-hybridized carbons (Fsp3) is 0.600. The van der Waals surface area contributed by atoms with Crippen molar-refractivity contribution in [3.63, 3.8) is 0 Å². The van der Waals surface area contributed by atoms with E-state index in [1.54, 1.807) is 14.2 Å². The summed E-state index contributed by atoms with van der Waals surface area (Å²) in [7, 11) is 3.37. The van der Waals surface area contributed by atoms with Crippen LogP contribution in [0, 0.1) is 5.92 Å². The van der Waals surface area contributed by atoms with Gasteiger partial charge in [-0.2, -0.15) is 0 Å². The monoisotopic (exact) mass is 249 g/mol. The molecule has 1 fully saturated rings. The fourth-order valence-corrected chi connectivity index (χ4v) is 2.38. The number of ether oxygens (including phenoxy) is 2. The standard InChI is InChI=1S/C15H23NO2/c1-11(12-5-4-6-12)16-10-13-7-8-14(17-2)9-15(13)18-3/h7-9,11-12,16H,4-6,10H2,1-3H3/t11-/m0/s1. The Morgan fingerprint density at radius 1 is 1.28 bits per heavy atom. The molecule has 0 saturated heterocycles. The quantitative estimate of drug-likeness (QED) is 0.840. The van der Waals surface area contributed by atoms with Crippen molar-refractivity contribution in [1.29, 1.82) is 0 Å². The minimum absolute atomic E-state index is 0.588. The first-order chi connectivity index (χ1) is 8.74. The Labute approximate surface area is 109 Å². The molecule has 0 amide bonds. The van der Waals surface area contributed by atoms with Gasteiger partial charge in [-0.25, -0.2) is 0 Å². The van der Waals surface area contributed by atoms with Gasteiger partial charge in [0.2, 0.25) is 0 Å². The summed E-state index contributed by atoms with van der Waals surface area (Å²) in [6.07, 6.45) is 4.13. The van der Waals surface area contributed by atoms with Crippen molar-refractivity contribution in [2.45, 2.75) is 38.8 Å². The fourth-order valence-electron chi connectivity index (χ4n) is 2.38. The zero-order valence-corrected chi connectivity index (χ0v) is 11.5. The van der Waals surface area contributed by atoms with E-state index in [-0.39, 0.29) is 0 Å². The molecule has 100 valence electrons. The van der Waals surface area contributed by atoms with Crippen LogP contribution < -0.4 is 14.8 Å². The third kappa shape index (κ3) is 2.96. The van der Waals surface area contributed by atoms with Crippen molar-refractivity contribution < 1.29 is 9.47 Å². The van der Waals surface area contributed by atoms with E-state index >= 15 is 0 Å². The van der Waals surface area contributed by atoms with E-state index in [1.165, 1.54) is 24.8 Å². The molecule has 0 heterocycles. The second kappa shape index (κ2) is 6.10. The third-order valence-corrected chi connectivity index (χ3v) is 3.97. The SMILES string of the molecule is COc1ccc(CN[C@@H](C)C2CCC2)c(OC)c1. The Morgan fingerprint density at radius 2 is 2.06 bits per heavy atom. The van der Waals surface area contributed by atoms with Gasteiger partial charge in [-0.15, -0.1) is 0 Å². The van der Waals surface area contributed by atoms with Crippen LogP contribution in [0.5, 0.6) is 11.5 Å². The van der Waals surface area contributed by atoms with Gasteiger partial charge in [0.1, 0.15) is 11.5 Å². The number of rotatable bonds is 6. The number of hydrogen-bond donors (Lipinski definition) is 1. The lowest BCUT2D eigenvalue weighted by atomic mass is 9.80. The maximum atomic E-state index is 5.40. The van der Waals surface area contributed by atoms with Crippen LogP contribution in [0.15, 0.2) is 18.2 Å². The van der Waals surface area contributed by atoms with Crippen molar-refractivity contribution in [1.82, 2.24) is 5.32 Å². The summed E-state index contributed by atoms with van der Waals surface area (Å²) in [6.45, 7) is 3.13. The highest BCUT2D eigenvalue weighted by atomic mass is 16.5. The van der Waals surface area contributed by atoms with Crippen LogP contribution >= 0.6 is 0 Å². The van der Waals surface area contributed by atoms with Gasteiger partial charge in [0.15, 0.2) is 0 Å². The minimum atomic E-state index is 0.588. The molecular formula is C15H23NO2. The molecule has 0 radical (unpaired) electrons. The van der Waals surface area contributed by atoms with Crippen molar-refractivity contribution in [2.75, 3.05) is 14.2 Å². The molecule has 18 heavy (non-hydrogen) atoms. The zero-order chi connectivity index (χ0) is 13.0. The van der Waals surface area contributed by atoms with Crippen molar-refractivity contribution in [3.05, 3.63) is 23.8 Å². The first-order valence-corrected chi connectivity index (χ1v) is 6.69.